The first-order valence-corrected chi connectivity index (χ1v) is 7.20. The van der Waals surface area contributed by atoms with Gasteiger partial charge >= 0.3 is 5.97 Å². The van der Waals surface area contributed by atoms with Crippen LogP contribution in [0.25, 0.3) is 0 Å². The van der Waals surface area contributed by atoms with Crippen molar-refractivity contribution >= 4 is 18.0 Å². The summed E-state index contributed by atoms with van der Waals surface area (Å²) in [5.74, 6) is -2.35. The van der Waals surface area contributed by atoms with Crippen LogP contribution in [0.4, 0.5) is 0 Å². The Kier molecular flexibility index (Phi) is 4.04. The van der Waals surface area contributed by atoms with Crippen molar-refractivity contribution in [1.82, 2.24) is 0 Å². The van der Waals surface area contributed by atoms with Gasteiger partial charge in [0.2, 0.25) is 5.78 Å². The average Bonchev–Trinajstić information content (AvgIpc) is 2.46. The highest BCUT2D eigenvalue weighted by Crippen LogP contribution is 2.49. The van der Waals surface area contributed by atoms with E-state index < -0.39 is 40.4 Å². The van der Waals surface area contributed by atoms with Crippen LogP contribution in [0.3, 0.4) is 0 Å². The Hall–Kier alpha value is -1.53. The number of aldehydes is 1. The third-order valence-corrected chi connectivity index (χ3v) is 4.39. The summed E-state index contributed by atoms with van der Waals surface area (Å²) in [4.78, 5) is 36.9. The van der Waals surface area contributed by atoms with E-state index >= 15 is 0 Å². The number of hydrogen-bond acceptors (Lipinski definition) is 6. The molecule has 0 aromatic rings. The molecule has 122 valence electrons. The van der Waals surface area contributed by atoms with Gasteiger partial charge in [-0.15, -0.1) is 0 Å². The van der Waals surface area contributed by atoms with E-state index in [4.69, 9.17) is 14.2 Å². The van der Waals surface area contributed by atoms with Gasteiger partial charge < -0.3 is 14.2 Å². The minimum atomic E-state index is -1.59. The van der Waals surface area contributed by atoms with E-state index in [-0.39, 0.29) is 6.42 Å². The zero-order valence-electron chi connectivity index (χ0n) is 13.5. The second kappa shape index (κ2) is 5.28. The third-order valence-electron chi connectivity index (χ3n) is 4.39. The molecule has 1 saturated carbocycles. The fourth-order valence-corrected chi connectivity index (χ4v) is 3.29. The summed E-state index contributed by atoms with van der Waals surface area (Å²) in [6.45, 7) is 5.27. The third kappa shape index (κ3) is 2.21. The van der Waals surface area contributed by atoms with Gasteiger partial charge in [0, 0.05) is 20.1 Å². The predicted octanol–water partition coefficient (Wildman–Crippen LogP) is 1.07. The molecular formula is C16H22O6. The van der Waals surface area contributed by atoms with Gasteiger partial charge in [-0.2, -0.15) is 0 Å². The second-order valence-electron chi connectivity index (χ2n) is 6.73. The van der Waals surface area contributed by atoms with Crippen LogP contribution in [0.5, 0.6) is 0 Å². The molecule has 6 nitrogen and oxygen atoms in total. The molecule has 6 heteroatoms. The Balaban J connectivity index is 2.44. The van der Waals surface area contributed by atoms with Gasteiger partial charge in [0.25, 0.3) is 0 Å². The van der Waals surface area contributed by atoms with Crippen molar-refractivity contribution in [3.05, 3.63) is 12.2 Å². The first-order chi connectivity index (χ1) is 10.2. The van der Waals surface area contributed by atoms with Crippen LogP contribution >= 0.6 is 0 Å². The minimum absolute atomic E-state index is 0.261. The lowest BCUT2D eigenvalue weighted by atomic mass is 9.58. The van der Waals surface area contributed by atoms with Crippen LogP contribution in [0.2, 0.25) is 0 Å². The Morgan fingerprint density at radius 1 is 1.32 bits per heavy atom. The molecule has 2 bridgehead atoms. The first-order valence-electron chi connectivity index (χ1n) is 7.20. The molecule has 0 aromatic carbocycles. The largest absolute Gasteiger partial charge is 0.460 e. The highest BCUT2D eigenvalue weighted by Gasteiger charge is 2.67. The van der Waals surface area contributed by atoms with E-state index in [1.54, 1.807) is 32.9 Å². The predicted molar refractivity (Wildman–Crippen MR) is 77.1 cm³/mol. The first kappa shape index (κ1) is 16.8. The molecule has 1 fully saturated rings. The number of ketones is 1. The van der Waals surface area contributed by atoms with Gasteiger partial charge in [0.05, 0.1) is 5.92 Å². The number of esters is 1. The highest BCUT2D eigenvalue weighted by molar-refractivity contribution is 6.12. The van der Waals surface area contributed by atoms with Crippen molar-refractivity contribution in [3.63, 3.8) is 0 Å². The molecule has 0 aliphatic heterocycles. The van der Waals surface area contributed by atoms with Crippen LogP contribution in [0, 0.1) is 11.8 Å². The summed E-state index contributed by atoms with van der Waals surface area (Å²) in [7, 11) is 2.66. The summed E-state index contributed by atoms with van der Waals surface area (Å²) < 4.78 is 16.0. The lowest BCUT2D eigenvalue weighted by molar-refractivity contribution is -0.197. The standard InChI is InChI=1S/C16H22O6/c1-14(2,3)22-12(18)11-8-10-6-7-15(11,20-4)13(19)16(10,9-17)21-5/h6-7,9-11H,8H2,1-5H3/t10-,11-,15-,16+/m1/s1. The molecule has 0 saturated heterocycles. The molecule has 3 aliphatic rings. The topological polar surface area (TPSA) is 78.9 Å². The summed E-state index contributed by atoms with van der Waals surface area (Å²) in [6.07, 6.45) is 4.03. The maximum absolute atomic E-state index is 12.9. The van der Waals surface area contributed by atoms with E-state index in [0.29, 0.717) is 6.29 Å². The SMILES string of the molecule is CO[C@]12C=C[C@H](C[C@@H]1C(=O)OC(C)(C)C)[C@](C=O)(OC)C2=O. The quantitative estimate of drug-likeness (QED) is 0.334. The molecule has 0 radical (unpaired) electrons. The summed E-state index contributed by atoms with van der Waals surface area (Å²) in [5, 5.41) is 0. The summed E-state index contributed by atoms with van der Waals surface area (Å²) in [5.41, 5.74) is -3.78. The summed E-state index contributed by atoms with van der Waals surface area (Å²) >= 11 is 0. The number of ether oxygens (including phenoxy) is 3. The van der Waals surface area contributed by atoms with Crippen molar-refractivity contribution in [2.24, 2.45) is 11.8 Å². The zero-order valence-corrected chi connectivity index (χ0v) is 13.5. The van der Waals surface area contributed by atoms with Crippen molar-refractivity contribution in [2.45, 2.75) is 44.0 Å². The Labute approximate surface area is 129 Å². The maximum atomic E-state index is 12.9. The van der Waals surface area contributed by atoms with Crippen LogP contribution in [-0.4, -0.2) is 49.1 Å². The normalized spacial score (nSPS) is 37.2. The molecule has 0 N–H and O–H groups in total. The Morgan fingerprint density at radius 3 is 2.41 bits per heavy atom. The number of carbonyl (C=O) groups is 3. The van der Waals surface area contributed by atoms with E-state index in [9.17, 15) is 14.4 Å². The molecule has 3 rings (SSSR count). The lowest BCUT2D eigenvalue weighted by Gasteiger charge is -2.51. The van der Waals surface area contributed by atoms with Gasteiger partial charge in [0.1, 0.15) is 5.60 Å². The average molecular weight is 310 g/mol. The maximum Gasteiger partial charge on any atom is 0.313 e. The number of rotatable bonds is 4. The molecule has 0 heterocycles. The monoisotopic (exact) mass is 310 g/mol. The molecular weight excluding hydrogens is 288 g/mol. The van der Waals surface area contributed by atoms with E-state index in [1.165, 1.54) is 14.2 Å². The number of Topliss-reactive ketones (excluding diaryl/α,β-unsaturated/α-hetero) is 1. The summed E-state index contributed by atoms with van der Waals surface area (Å²) in [6, 6.07) is 0. The molecule has 22 heavy (non-hydrogen) atoms. The fraction of sp³-hybridized carbons (Fsp3) is 0.688. The second-order valence-corrected chi connectivity index (χ2v) is 6.73. The Bertz CT molecular complexity index is 531. The zero-order chi connectivity index (χ0) is 16.8. The molecule has 0 unspecified atom stereocenters. The van der Waals surface area contributed by atoms with E-state index in [2.05, 4.69) is 0 Å². The van der Waals surface area contributed by atoms with Gasteiger partial charge in [0.15, 0.2) is 17.5 Å². The number of fused-ring (bicyclic) bond motifs is 2. The molecule has 0 spiro atoms. The smallest absolute Gasteiger partial charge is 0.313 e. The highest BCUT2D eigenvalue weighted by atomic mass is 16.6. The van der Waals surface area contributed by atoms with E-state index in [1.807, 2.05) is 0 Å². The molecule has 0 aromatic heterocycles. The van der Waals surface area contributed by atoms with E-state index in [0.717, 1.165) is 0 Å². The van der Waals surface area contributed by atoms with Gasteiger partial charge in [-0.3, -0.25) is 14.4 Å². The van der Waals surface area contributed by atoms with Gasteiger partial charge in [-0.05, 0) is 33.3 Å². The number of methoxy groups -OCH3 is 2. The lowest BCUT2D eigenvalue weighted by Crippen LogP contribution is -2.69. The van der Waals surface area contributed by atoms with Crippen LogP contribution in [-0.2, 0) is 28.6 Å². The van der Waals surface area contributed by atoms with Crippen molar-refractivity contribution in [1.29, 1.82) is 0 Å². The van der Waals surface area contributed by atoms with Crippen molar-refractivity contribution in [3.8, 4) is 0 Å². The number of carbonyl (C=O) groups excluding carboxylic acids is 3. The van der Waals surface area contributed by atoms with Crippen LogP contribution in [0.1, 0.15) is 27.2 Å². The van der Waals surface area contributed by atoms with Gasteiger partial charge in [-0.25, -0.2) is 0 Å². The van der Waals surface area contributed by atoms with Crippen molar-refractivity contribution < 1.29 is 28.6 Å². The minimum Gasteiger partial charge on any atom is -0.460 e. The van der Waals surface area contributed by atoms with Crippen molar-refractivity contribution in [2.75, 3.05) is 14.2 Å². The fourth-order valence-electron chi connectivity index (χ4n) is 3.29. The van der Waals surface area contributed by atoms with Crippen LogP contribution < -0.4 is 0 Å². The Morgan fingerprint density at radius 2 is 1.95 bits per heavy atom. The molecule has 3 aliphatic carbocycles. The molecule has 4 atom stereocenters. The number of hydrogen-bond donors (Lipinski definition) is 0. The molecule has 0 amide bonds. The van der Waals surface area contributed by atoms with Gasteiger partial charge in [-0.1, -0.05) is 6.08 Å². The van der Waals surface area contributed by atoms with Crippen LogP contribution in [0.15, 0.2) is 12.2 Å².